The molecule has 1 heterocycles. The average molecular weight is 198 g/mol. The summed E-state index contributed by atoms with van der Waals surface area (Å²) in [5.74, 6) is 0.144. The Bertz CT molecular complexity index is 253. The Morgan fingerprint density at radius 2 is 2.21 bits per heavy atom. The van der Waals surface area contributed by atoms with Gasteiger partial charge in [0.05, 0.1) is 18.6 Å². The van der Waals surface area contributed by atoms with E-state index in [-0.39, 0.29) is 11.9 Å². The predicted molar refractivity (Wildman–Crippen MR) is 52.7 cm³/mol. The summed E-state index contributed by atoms with van der Waals surface area (Å²) in [6, 6.07) is 0.295. The molecule has 0 aromatic heterocycles. The van der Waals surface area contributed by atoms with E-state index < -0.39 is 5.41 Å². The van der Waals surface area contributed by atoms with Gasteiger partial charge >= 0.3 is 0 Å². The van der Waals surface area contributed by atoms with Crippen LogP contribution >= 0.6 is 0 Å². The molecule has 1 amide bonds. The van der Waals surface area contributed by atoms with Crippen molar-refractivity contribution < 1.29 is 9.53 Å². The summed E-state index contributed by atoms with van der Waals surface area (Å²) in [6.45, 7) is 2.87. The van der Waals surface area contributed by atoms with Crippen LogP contribution in [-0.2, 0) is 9.53 Å². The summed E-state index contributed by atoms with van der Waals surface area (Å²) in [5, 5.41) is 0. The second kappa shape index (κ2) is 3.21. The summed E-state index contributed by atoms with van der Waals surface area (Å²) in [4.78, 5) is 14.0. The maximum absolute atomic E-state index is 12.1. The second-order valence-electron chi connectivity index (χ2n) is 4.69. The van der Waals surface area contributed by atoms with Crippen molar-refractivity contribution in [1.29, 1.82) is 0 Å². The number of nitrogens with zero attached hydrogens (tertiary/aromatic N) is 1. The molecule has 2 atom stereocenters. The van der Waals surface area contributed by atoms with Crippen molar-refractivity contribution in [2.24, 2.45) is 11.1 Å². The third-order valence-corrected chi connectivity index (χ3v) is 3.42. The highest BCUT2D eigenvalue weighted by molar-refractivity contribution is 5.84. The van der Waals surface area contributed by atoms with Gasteiger partial charge in [-0.1, -0.05) is 0 Å². The van der Waals surface area contributed by atoms with Gasteiger partial charge in [0.2, 0.25) is 5.91 Å². The lowest BCUT2D eigenvalue weighted by Crippen LogP contribution is -2.51. The summed E-state index contributed by atoms with van der Waals surface area (Å²) in [6.07, 6.45) is 2.27. The van der Waals surface area contributed by atoms with Crippen LogP contribution in [0, 0.1) is 5.41 Å². The molecule has 0 aromatic carbocycles. The first kappa shape index (κ1) is 9.93. The van der Waals surface area contributed by atoms with E-state index in [0.717, 1.165) is 12.8 Å². The zero-order valence-corrected chi connectivity index (χ0v) is 8.82. The minimum atomic E-state index is -0.503. The Morgan fingerprint density at radius 3 is 2.64 bits per heavy atom. The van der Waals surface area contributed by atoms with Crippen molar-refractivity contribution in [3.63, 3.8) is 0 Å². The maximum atomic E-state index is 12.1. The molecule has 1 saturated carbocycles. The van der Waals surface area contributed by atoms with Crippen molar-refractivity contribution in [2.45, 2.75) is 31.8 Å². The van der Waals surface area contributed by atoms with Gasteiger partial charge in [0.15, 0.2) is 0 Å². The molecule has 1 saturated heterocycles. The lowest BCUT2D eigenvalue weighted by Gasteiger charge is -2.30. The fourth-order valence-corrected chi connectivity index (χ4v) is 1.94. The van der Waals surface area contributed by atoms with Gasteiger partial charge < -0.3 is 15.4 Å². The van der Waals surface area contributed by atoms with Crippen LogP contribution < -0.4 is 5.73 Å². The van der Waals surface area contributed by atoms with Crippen LogP contribution in [0.25, 0.3) is 0 Å². The average Bonchev–Trinajstić information content (AvgIpc) is 2.94. The summed E-state index contributed by atoms with van der Waals surface area (Å²) >= 11 is 0. The molecule has 2 rings (SSSR count). The van der Waals surface area contributed by atoms with Crippen LogP contribution in [0.1, 0.15) is 19.8 Å². The van der Waals surface area contributed by atoms with Gasteiger partial charge in [0.1, 0.15) is 0 Å². The topological polar surface area (TPSA) is 55.6 Å². The Kier molecular flexibility index (Phi) is 2.27. The highest BCUT2D eigenvalue weighted by Gasteiger charge is 2.47. The van der Waals surface area contributed by atoms with Gasteiger partial charge in [-0.3, -0.25) is 4.79 Å². The zero-order valence-electron chi connectivity index (χ0n) is 8.82. The van der Waals surface area contributed by atoms with Crippen molar-refractivity contribution in [2.75, 3.05) is 20.3 Å². The van der Waals surface area contributed by atoms with Gasteiger partial charge in [0, 0.05) is 19.1 Å². The molecule has 2 aliphatic rings. The Labute approximate surface area is 84.4 Å². The third-order valence-electron chi connectivity index (χ3n) is 3.42. The molecule has 80 valence electrons. The van der Waals surface area contributed by atoms with E-state index >= 15 is 0 Å². The third kappa shape index (κ3) is 1.42. The molecule has 0 radical (unpaired) electrons. The number of ether oxygens (including phenoxy) is 1. The highest BCUT2D eigenvalue weighted by Crippen LogP contribution is 2.34. The largest absolute Gasteiger partial charge is 0.379 e. The monoisotopic (exact) mass is 198 g/mol. The van der Waals surface area contributed by atoms with E-state index in [9.17, 15) is 4.79 Å². The SMILES string of the molecule is CN(C(=O)C1(C)COCC1N)C1CC1. The highest BCUT2D eigenvalue weighted by atomic mass is 16.5. The van der Waals surface area contributed by atoms with E-state index in [2.05, 4.69) is 0 Å². The molecule has 14 heavy (non-hydrogen) atoms. The number of amides is 1. The second-order valence-corrected chi connectivity index (χ2v) is 4.69. The van der Waals surface area contributed by atoms with Crippen molar-refractivity contribution in [3.8, 4) is 0 Å². The van der Waals surface area contributed by atoms with Crippen molar-refractivity contribution in [1.82, 2.24) is 4.90 Å². The van der Waals surface area contributed by atoms with E-state index in [1.54, 1.807) is 0 Å². The van der Waals surface area contributed by atoms with Gasteiger partial charge in [-0.2, -0.15) is 0 Å². The van der Waals surface area contributed by atoms with Gasteiger partial charge in [0.25, 0.3) is 0 Å². The van der Waals surface area contributed by atoms with Gasteiger partial charge in [-0.05, 0) is 19.8 Å². The Balaban J connectivity index is 2.08. The number of hydrogen-bond acceptors (Lipinski definition) is 3. The Hall–Kier alpha value is -0.610. The molecule has 0 bridgehead atoms. The smallest absolute Gasteiger partial charge is 0.232 e. The van der Waals surface area contributed by atoms with Crippen LogP contribution in [0.4, 0.5) is 0 Å². The molecule has 1 aliphatic heterocycles. The van der Waals surface area contributed by atoms with Crippen molar-refractivity contribution in [3.05, 3.63) is 0 Å². The molecule has 0 spiro atoms. The lowest BCUT2D eigenvalue weighted by atomic mass is 9.84. The number of hydrogen-bond donors (Lipinski definition) is 1. The van der Waals surface area contributed by atoms with Crippen LogP contribution in [0.3, 0.4) is 0 Å². The first-order chi connectivity index (χ1) is 6.55. The van der Waals surface area contributed by atoms with Crippen LogP contribution in [0.15, 0.2) is 0 Å². The van der Waals surface area contributed by atoms with Gasteiger partial charge in [-0.25, -0.2) is 0 Å². The molecule has 4 heteroatoms. The molecule has 1 aliphatic carbocycles. The number of nitrogens with two attached hydrogens (primary N) is 1. The first-order valence-electron chi connectivity index (χ1n) is 5.16. The van der Waals surface area contributed by atoms with Crippen LogP contribution in [-0.4, -0.2) is 43.2 Å². The fraction of sp³-hybridized carbons (Fsp3) is 0.900. The van der Waals surface area contributed by atoms with Crippen LogP contribution in [0.2, 0.25) is 0 Å². The summed E-state index contributed by atoms with van der Waals surface area (Å²) in [5.41, 5.74) is 5.40. The zero-order chi connectivity index (χ0) is 10.3. The number of carbonyl (C=O) groups excluding carboxylic acids is 1. The van der Waals surface area contributed by atoms with E-state index in [1.165, 1.54) is 0 Å². The number of carbonyl (C=O) groups is 1. The molecule has 0 aromatic rings. The standard InChI is InChI=1S/C10H18N2O2/c1-10(6-14-5-8(10)11)9(13)12(2)7-3-4-7/h7-8H,3-6,11H2,1-2H3. The van der Waals surface area contributed by atoms with Crippen molar-refractivity contribution >= 4 is 5.91 Å². The number of rotatable bonds is 2. The lowest BCUT2D eigenvalue weighted by molar-refractivity contribution is -0.140. The molecular formula is C10H18N2O2. The summed E-state index contributed by atoms with van der Waals surface area (Å²) in [7, 11) is 1.87. The maximum Gasteiger partial charge on any atom is 0.232 e. The van der Waals surface area contributed by atoms with E-state index in [1.807, 2.05) is 18.9 Å². The van der Waals surface area contributed by atoms with E-state index in [4.69, 9.17) is 10.5 Å². The molecule has 2 fully saturated rings. The summed E-state index contributed by atoms with van der Waals surface area (Å²) < 4.78 is 5.27. The quantitative estimate of drug-likeness (QED) is 0.678. The Morgan fingerprint density at radius 1 is 1.57 bits per heavy atom. The first-order valence-corrected chi connectivity index (χ1v) is 5.16. The minimum Gasteiger partial charge on any atom is -0.379 e. The molecular weight excluding hydrogens is 180 g/mol. The van der Waals surface area contributed by atoms with E-state index in [0.29, 0.717) is 19.3 Å². The predicted octanol–water partition coefficient (Wildman–Crippen LogP) is -0.0290. The molecule has 2 N–H and O–H groups in total. The van der Waals surface area contributed by atoms with Crippen LogP contribution in [0.5, 0.6) is 0 Å². The van der Waals surface area contributed by atoms with Gasteiger partial charge in [-0.15, -0.1) is 0 Å². The molecule has 2 unspecified atom stereocenters. The fourth-order valence-electron chi connectivity index (χ4n) is 1.94. The minimum absolute atomic E-state index is 0.144. The molecule has 4 nitrogen and oxygen atoms in total. The normalized spacial score (nSPS) is 37.2.